The van der Waals surface area contributed by atoms with Gasteiger partial charge >= 0.3 is 0 Å². The van der Waals surface area contributed by atoms with Crippen LogP contribution in [-0.4, -0.2) is 21.4 Å². The minimum atomic E-state index is -0.609. The molecule has 0 spiro atoms. The first kappa shape index (κ1) is 32.0. The third-order valence-electron chi connectivity index (χ3n) is 3.21. The molecule has 11 heteroatoms. The molecule has 0 fully saturated rings. The lowest BCUT2D eigenvalue weighted by molar-refractivity contribution is -0.385. The molecule has 10 nitrogen and oxygen atoms in total. The van der Waals surface area contributed by atoms with Crippen LogP contribution < -0.4 is 5.73 Å². The Morgan fingerprint density at radius 1 is 0.935 bits per heavy atom. The monoisotopic (exact) mass is 496 g/mol. The van der Waals surface area contributed by atoms with Crippen molar-refractivity contribution in [1.29, 1.82) is 5.26 Å². The molecule has 0 bridgehead atoms. The minimum Gasteiger partial charge on any atom is -0.393 e. The van der Waals surface area contributed by atoms with Crippen LogP contribution in [0.3, 0.4) is 0 Å². The van der Waals surface area contributed by atoms with Crippen molar-refractivity contribution in [1.82, 2.24) is 0 Å². The molecule has 2 aromatic carbocycles. The Bertz CT molecular complexity index is 848. The van der Waals surface area contributed by atoms with E-state index >= 15 is 0 Å². The number of nitrogens with zero attached hydrogens (tertiary/aromatic N) is 3. The highest BCUT2D eigenvalue weighted by Gasteiger charge is 2.17. The van der Waals surface area contributed by atoms with Gasteiger partial charge in [-0.25, -0.2) is 0 Å². The standard InChI is InChI=1S/C8H6BrNO3.C8H8N2O3.C2H3N.2CH4/c2*1-5(11)6-3-2-4-7(8(6)9)10(12)13;1-2-3;;/h2-4H,1H3;2-4H,9H2,1H3;1H3;2*1H4. The van der Waals surface area contributed by atoms with Crippen molar-refractivity contribution in [3.8, 4) is 6.07 Å². The summed E-state index contributed by atoms with van der Waals surface area (Å²) >= 11 is 3.02. The molecule has 0 heterocycles. The fraction of sp³-hybridized carbons (Fsp3) is 0.250. The summed E-state index contributed by atoms with van der Waals surface area (Å²) < 4.78 is 0.243. The molecule has 31 heavy (non-hydrogen) atoms. The van der Waals surface area contributed by atoms with E-state index in [1.54, 1.807) is 12.1 Å². The predicted octanol–water partition coefficient (Wildman–Crippen LogP) is 5.74. The van der Waals surface area contributed by atoms with Crippen molar-refractivity contribution in [3.63, 3.8) is 0 Å². The average Bonchev–Trinajstić information content (AvgIpc) is 2.62. The Morgan fingerprint density at radius 2 is 1.29 bits per heavy atom. The van der Waals surface area contributed by atoms with Crippen molar-refractivity contribution < 1.29 is 19.4 Å². The van der Waals surface area contributed by atoms with Crippen LogP contribution in [0.5, 0.6) is 0 Å². The van der Waals surface area contributed by atoms with Gasteiger partial charge in [-0.05, 0) is 41.9 Å². The van der Waals surface area contributed by atoms with Gasteiger partial charge in [-0.15, -0.1) is 0 Å². The van der Waals surface area contributed by atoms with E-state index in [1.807, 2.05) is 0 Å². The van der Waals surface area contributed by atoms with Crippen molar-refractivity contribution in [2.24, 2.45) is 0 Å². The van der Waals surface area contributed by atoms with Crippen LogP contribution in [0.1, 0.15) is 56.3 Å². The minimum absolute atomic E-state index is 0. The van der Waals surface area contributed by atoms with Gasteiger partial charge in [0.2, 0.25) is 0 Å². The van der Waals surface area contributed by atoms with Gasteiger partial charge in [-0.2, -0.15) is 5.26 Å². The highest BCUT2D eigenvalue weighted by molar-refractivity contribution is 9.10. The largest absolute Gasteiger partial charge is 0.393 e. The van der Waals surface area contributed by atoms with Crippen LogP contribution in [0, 0.1) is 31.6 Å². The molecule has 0 atom stereocenters. The van der Waals surface area contributed by atoms with Crippen LogP contribution >= 0.6 is 15.9 Å². The number of hydrogen-bond donors (Lipinski definition) is 1. The number of para-hydroxylation sites is 1. The van der Waals surface area contributed by atoms with Crippen LogP contribution in [0.25, 0.3) is 0 Å². The smallest absolute Gasteiger partial charge is 0.292 e. The molecular weight excluding hydrogens is 472 g/mol. The summed E-state index contributed by atoms with van der Waals surface area (Å²) in [5.74, 6) is -0.475. The molecule has 2 N–H and O–H groups in total. The van der Waals surface area contributed by atoms with Gasteiger partial charge in [0.1, 0.15) is 10.2 Å². The van der Waals surface area contributed by atoms with Crippen molar-refractivity contribution in [2.45, 2.75) is 35.6 Å². The number of anilines is 1. The van der Waals surface area contributed by atoms with Gasteiger partial charge in [0.25, 0.3) is 11.4 Å². The van der Waals surface area contributed by atoms with E-state index in [9.17, 15) is 29.8 Å². The number of Topliss-reactive ketones (excluding diaryl/α,β-unsaturated/α-hetero) is 2. The summed E-state index contributed by atoms with van der Waals surface area (Å²) in [6.07, 6.45) is 0. The molecule has 0 aliphatic carbocycles. The number of nitro benzene ring substituents is 2. The number of ketones is 2. The van der Waals surface area contributed by atoms with E-state index in [1.165, 1.54) is 51.1 Å². The normalized spacial score (nSPS) is 8.35. The number of rotatable bonds is 4. The van der Waals surface area contributed by atoms with E-state index in [-0.39, 0.29) is 53.5 Å². The molecule has 0 radical (unpaired) electrons. The maximum atomic E-state index is 11.0. The lowest BCUT2D eigenvalue weighted by Crippen LogP contribution is -2.03. The molecular formula is C20H25BrN4O6. The van der Waals surface area contributed by atoms with E-state index in [0.717, 1.165) is 0 Å². The number of benzene rings is 2. The predicted molar refractivity (Wildman–Crippen MR) is 123 cm³/mol. The zero-order chi connectivity index (χ0) is 22.7. The number of hydrogen-bond acceptors (Lipinski definition) is 8. The maximum absolute atomic E-state index is 11.0. The fourth-order valence-electron chi connectivity index (χ4n) is 1.95. The molecule has 2 aromatic rings. The first-order valence-corrected chi connectivity index (χ1v) is 8.57. The topological polar surface area (TPSA) is 170 Å². The second-order valence-corrected chi connectivity index (χ2v) is 6.02. The maximum Gasteiger partial charge on any atom is 0.292 e. The molecule has 0 aromatic heterocycles. The summed E-state index contributed by atoms with van der Waals surface area (Å²) in [6.45, 7) is 4.11. The molecule has 0 amide bonds. The van der Waals surface area contributed by atoms with Crippen LogP contribution in [0.2, 0.25) is 0 Å². The third-order valence-corrected chi connectivity index (χ3v) is 4.05. The number of nitro groups is 2. The van der Waals surface area contributed by atoms with Crippen molar-refractivity contribution >= 4 is 44.6 Å². The summed E-state index contributed by atoms with van der Waals surface area (Å²) in [7, 11) is 0. The second kappa shape index (κ2) is 15.2. The van der Waals surface area contributed by atoms with Gasteiger partial charge in [-0.3, -0.25) is 29.8 Å². The molecule has 168 valence electrons. The molecule has 0 saturated heterocycles. The average molecular weight is 497 g/mol. The van der Waals surface area contributed by atoms with Gasteiger partial charge in [0.05, 0.1) is 15.9 Å². The van der Waals surface area contributed by atoms with Crippen LogP contribution in [0.15, 0.2) is 40.9 Å². The Kier molecular flexibility index (Phi) is 15.7. The van der Waals surface area contributed by atoms with Crippen LogP contribution in [-0.2, 0) is 0 Å². The SMILES string of the molecule is C.C.CC#N.CC(=O)c1cccc([N+](=O)[O-])c1Br.CC(=O)c1cccc([N+](=O)[O-])c1N. The van der Waals surface area contributed by atoms with Gasteiger partial charge in [-0.1, -0.05) is 27.0 Å². The Balaban J connectivity index is -0.000000424. The number of halogens is 1. The zero-order valence-electron chi connectivity index (χ0n) is 15.7. The number of carbonyl (C=O) groups excluding carboxylic acids is 2. The highest BCUT2D eigenvalue weighted by Crippen LogP contribution is 2.28. The quantitative estimate of drug-likeness (QED) is 0.241. The number of nitrogen functional groups attached to an aromatic ring is 1. The van der Waals surface area contributed by atoms with E-state index in [4.69, 9.17) is 11.0 Å². The number of carbonyl (C=O) groups is 2. The van der Waals surface area contributed by atoms with Crippen molar-refractivity contribution in [3.05, 3.63) is 72.2 Å². The third kappa shape index (κ3) is 9.60. The summed E-state index contributed by atoms with van der Waals surface area (Å²) in [4.78, 5) is 41.7. The summed E-state index contributed by atoms with van der Waals surface area (Å²) in [6, 6.07) is 10.3. The Labute approximate surface area is 189 Å². The lowest BCUT2D eigenvalue weighted by Gasteiger charge is -2.00. The van der Waals surface area contributed by atoms with E-state index < -0.39 is 9.85 Å². The molecule has 0 unspecified atom stereocenters. The molecule has 0 saturated carbocycles. The zero-order valence-corrected chi connectivity index (χ0v) is 17.3. The second-order valence-electron chi connectivity index (χ2n) is 5.23. The van der Waals surface area contributed by atoms with Crippen LogP contribution in [0.4, 0.5) is 17.1 Å². The number of nitrogens with two attached hydrogens (primary N) is 1. The van der Waals surface area contributed by atoms with E-state index in [0.29, 0.717) is 5.56 Å². The highest BCUT2D eigenvalue weighted by atomic mass is 79.9. The first-order valence-electron chi connectivity index (χ1n) is 7.78. The van der Waals surface area contributed by atoms with Gasteiger partial charge in [0.15, 0.2) is 11.6 Å². The van der Waals surface area contributed by atoms with Gasteiger partial charge < -0.3 is 5.73 Å². The Morgan fingerprint density at radius 3 is 1.65 bits per heavy atom. The Hall–Kier alpha value is -3.65. The fourth-order valence-corrected chi connectivity index (χ4v) is 2.64. The summed E-state index contributed by atoms with van der Waals surface area (Å²) in [5.41, 5.74) is 5.55. The summed E-state index contributed by atoms with van der Waals surface area (Å²) in [5, 5.41) is 28.2. The lowest BCUT2D eigenvalue weighted by atomic mass is 10.1. The van der Waals surface area contributed by atoms with Crippen molar-refractivity contribution in [2.75, 3.05) is 5.73 Å². The molecule has 2 rings (SSSR count). The van der Waals surface area contributed by atoms with E-state index in [2.05, 4.69) is 15.9 Å². The molecule has 0 aliphatic rings. The number of nitriles is 1. The van der Waals surface area contributed by atoms with Gasteiger partial charge in [0, 0.05) is 30.2 Å². The first-order chi connectivity index (χ1) is 13.5. The molecule has 0 aliphatic heterocycles.